The number of halogens is 3. The summed E-state index contributed by atoms with van der Waals surface area (Å²) in [5.74, 6) is 0.0485. The Hall–Kier alpha value is -2.23. The highest BCUT2D eigenvalue weighted by molar-refractivity contribution is 5.81. The van der Waals surface area contributed by atoms with Crippen LogP contribution in [-0.4, -0.2) is 5.11 Å². The molecule has 1 nitrogen and oxygen atoms in total. The lowest BCUT2D eigenvalue weighted by molar-refractivity contribution is -0.137. The van der Waals surface area contributed by atoms with E-state index in [-0.39, 0.29) is 5.75 Å². The Morgan fingerprint density at radius 3 is 2.05 bits per heavy atom. The molecule has 0 amide bonds. The van der Waals surface area contributed by atoms with E-state index in [0.717, 1.165) is 12.1 Å². The molecule has 98 valence electrons. The third-order valence-corrected chi connectivity index (χ3v) is 2.79. The molecule has 0 atom stereocenters. The van der Waals surface area contributed by atoms with Gasteiger partial charge in [-0.05, 0) is 29.3 Å². The van der Waals surface area contributed by atoms with Gasteiger partial charge in [0.2, 0.25) is 0 Å². The molecule has 0 aliphatic heterocycles. The van der Waals surface area contributed by atoms with Crippen molar-refractivity contribution in [1.82, 2.24) is 0 Å². The Kier molecular flexibility index (Phi) is 3.34. The van der Waals surface area contributed by atoms with Gasteiger partial charge in [-0.2, -0.15) is 13.2 Å². The van der Waals surface area contributed by atoms with E-state index in [2.05, 4.69) is 6.58 Å². The second-order valence-corrected chi connectivity index (χ2v) is 4.07. The number of hydrogen-bond acceptors (Lipinski definition) is 1. The molecule has 0 heterocycles. The first kappa shape index (κ1) is 13.2. The van der Waals surface area contributed by atoms with Crippen molar-refractivity contribution in [3.8, 4) is 5.75 Å². The molecule has 0 aliphatic rings. The first-order chi connectivity index (χ1) is 8.89. The lowest BCUT2D eigenvalue weighted by atomic mass is 9.98. The molecule has 4 heteroatoms. The van der Waals surface area contributed by atoms with Crippen LogP contribution in [0.5, 0.6) is 5.75 Å². The quantitative estimate of drug-likeness (QED) is 0.848. The van der Waals surface area contributed by atoms with Gasteiger partial charge in [0.1, 0.15) is 5.75 Å². The van der Waals surface area contributed by atoms with Crippen molar-refractivity contribution in [2.45, 2.75) is 6.18 Å². The van der Waals surface area contributed by atoms with Crippen LogP contribution in [0, 0.1) is 0 Å². The molecular formula is C15H11F3O. The van der Waals surface area contributed by atoms with Gasteiger partial charge >= 0.3 is 6.18 Å². The molecule has 0 saturated carbocycles. The molecule has 2 aromatic rings. The molecule has 0 radical (unpaired) electrons. The van der Waals surface area contributed by atoms with Gasteiger partial charge in [0.25, 0.3) is 0 Å². The molecule has 0 unspecified atom stereocenters. The highest BCUT2D eigenvalue weighted by atomic mass is 19.4. The number of benzene rings is 2. The molecule has 0 bridgehead atoms. The molecule has 0 spiro atoms. The van der Waals surface area contributed by atoms with Crippen molar-refractivity contribution < 1.29 is 18.3 Å². The maximum Gasteiger partial charge on any atom is 0.416 e. The fourth-order valence-corrected chi connectivity index (χ4v) is 1.74. The van der Waals surface area contributed by atoms with Crippen LogP contribution in [0.3, 0.4) is 0 Å². The number of phenolic OH excluding ortho intramolecular Hbond substituents is 1. The summed E-state index contributed by atoms with van der Waals surface area (Å²) >= 11 is 0. The lowest BCUT2D eigenvalue weighted by Gasteiger charge is -2.10. The first-order valence-corrected chi connectivity index (χ1v) is 5.54. The smallest absolute Gasteiger partial charge is 0.416 e. The van der Waals surface area contributed by atoms with E-state index in [1.54, 1.807) is 18.2 Å². The minimum Gasteiger partial charge on any atom is -0.507 e. The highest BCUT2D eigenvalue weighted by Crippen LogP contribution is 2.32. The van der Waals surface area contributed by atoms with E-state index in [0.29, 0.717) is 16.7 Å². The first-order valence-electron chi connectivity index (χ1n) is 5.54. The number of hydrogen-bond donors (Lipinski definition) is 1. The molecule has 2 aromatic carbocycles. The van der Waals surface area contributed by atoms with E-state index in [4.69, 9.17) is 0 Å². The third kappa shape index (κ3) is 2.78. The molecular weight excluding hydrogens is 253 g/mol. The van der Waals surface area contributed by atoms with Crippen LogP contribution < -0.4 is 0 Å². The van der Waals surface area contributed by atoms with E-state index < -0.39 is 11.7 Å². The van der Waals surface area contributed by atoms with Gasteiger partial charge in [-0.25, -0.2) is 0 Å². The maximum atomic E-state index is 12.4. The summed E-state index contributed by atoms with van der Waals surface area (Å²) in [4.78, 5) is 0. The van der Waals surface area contributed by atoms with E-state index in [9.17, 15) is 18.3 Å². The van der Waals surface area contributed by atoms with Crippen LogP contribution >= 0.6 is 0 Å². The van der Waals surface area contributed by atoms with E-state index >= 15 is 0 Å². The van der Waals surface area contributed by atoms with Crippen LogP contribution in [0.4, 0.5) is 13.2 Å². The van der Waals surface area contributed by atoms with Gasteiger partial charge in [-0.3, -0.25) is 0 Å². The average molecular weight is 264 g/mol. The Labute approximate surface area is 108 Å². The number of alkyl halides is 3. The van der Waals surface area contributed by atoms with Crippen molar-refractivity contribution in [2.24, 2.45) is 0 Å². The van der Waals surface area contributed by atoms with Gasteiger partial charge in [-0.1, -0.05) is 36.9 Å². The lowest BCUT2D eigenvalue weighted by Crippen LogP contribution is -2.04. The molecule has 0 aromatic heterocycles. The normalized spacial score (nSPS) is 11.3. The molecule has 2 rings (SSSR count). The number of aromatic hydroxyl groups is 1. The largest absolute Gasteiger partial charge is 0.507 e. The second kappa shape index (κ2) is 4.80. The molecule has 0 saturated heterocycles. The minimum atomic E-state index is -4.35. The summed E-state index contributed by atoms with van der Waals surface area (Å²) < 4.78 is 37.3. The zero-order valence-electron chi connectivity index (χ0n) is 9.91. The zero-order chi connectivity index (χ0) is 14.0. The van der Waals surface area contributed by atoms with E-state index in [1.165, 1.54) is 18.2 Å². The summed E-state index contributed by atoms with van der Waals surface area (Å²) in [6, 6.07) is 11.2. The Morgan fingerprint density at radius 2 is 1.53 bits per heavy atom. The molecule has 19 heavy (non-hydrogen) atoms. The Morgan fingerprint density at radius 1 is 0.947 bits per heavy atom. The van der Waals surface area contributed by atoms with Crippen molar-refractivity contribution in [1.29, 1.82) is 0 Å². The summed E-state index contributed by atoms with van der Waals surface area (Å²) in [6.45, 7) is 3.81. The summed E-state index contributed by atoms with van der Waals surface area (Å²) in [5, 5.41) is 9.69. The van der Waals surface area contributed by atoms with Gasteiger partial charge < -0.3 is 5.11 Å². The van der Waals surface area contributed by atoms with Crippen molar-refractivity contribution in [3.63, 3.8) is 0 Å². The number of para-hydroxylation sites is 1. The Bertz CT molecular complexity index is 598. The predicted molar refractivity (Wildman–Crippen MR) is 67.7 cm³/mol. The van der Waals surface area contributed by atoms with Crippen LogP contribution in [0.2, 0.25) is 0 Å². The summed E-state index contributed by atoms with van der Waals surface area (Å²) in [5.41, 5.74) is 0.810. The fraction of sp³-hybridized carbons (Fsp3) is 0.0667. The van der Waals surface area contributed by atoms with Gasteiger partial charge in [0, 0.05) is 5.56 Å². The van der Waals surface area contributed by atoms with Gasteiger partial charge in [-0.15, -0.1) is 0 Å². The molecule has 0 aliphatic carbocycles. The highest BCUT2D eigenvalue weighted by Gasteiger charge is 2.30. The predicted octanol–water partition coefficient (Wildman–Crippen LogP) is 4.47. The molecule has 0 fully saturated rings. The van der Waals surface area contributed by atoms with Crippen LogP contribution in [0.25, 0.3) is 5.57 Å². The summed E-state index contributed by atoms with van der Waals surface area (Å²) in [7, 11) is 0. The Balaban J connectivity index is 2.34. The van der Waals surface area contributed by atoms with Crippen LogP contribution in [-0.2, 0) is 6.18 Å². The summed E-state index contributed by atoms with van der Waals surface area (Å²) in [6.07, 6.45) is -4.35. The number of rotatable bonds is 2. The molecule has 1 N–H and O–H groups in total. The van der Waals surface area contributed by atoms with Crippen molar-refractivity contribution in [3.05, 3.63) is 71.8 Å². The van der Waals surface area contributed by atoms with Crippen LogP contribution in [0.15, 0.2) is 55.1 Å². The maximum absolute atomic E-state index is 12.4. The second-order valence-electron chi connectivity index (χ2n) is 4.07. The average Bonchev–Trinajstić information content (AvgIpc) is 2.38. The van der Waals surface area contributed by atoms with E-state index in [1.807, 2.05) is 0 Å². The van der Waals surface area contributed by atoms with Crippen molar-refractivity contribution in [2.75, 3.05) is 0 Å². The monoisotopic (exact) mass is 264 g/mol. The fourth-order valence-electron chi connectivity index (χ4n) is 1.74. The SMILES string of the molecule is C=C(c1ccc(C(F)(F)F)cc1)c1ccccc1O. The third-order valence-electron chi connectivity index (χ3n) is 2.79. The topological polar surface area (TPSA) is 20.2 Å². The standard InChI is InChI=1S/C15H11F3O/c1-10(13-4-2-3-5-14(13)19)11-6-8-12(9-7-11)15(16,17)18/h2-9,19H,1H2. The van der Waals surface area contributed by atoms with Gasteiger partial charge in [0.05, 0.1) is 5.56 Å². The zero-order valence-corrected chi connectivity index (χ0v) is 9.91. The number of phenols is 1. The minimum absolute atomic E-state index is 0.0485. The van der Waals surface area contributed by atoms with Crippen molar-refractivity contribution >= 4 is 5.57 Å². The van der Waals surface area contributed by atoms with Gasteiger partial charge in [0.15, 0.2) is 0 Å². The van der Waals surface area contributed by atoms with Crippen LogP contribution in [0.1, 0.15) is 16.7 Å².